The third-order valence-electron chi connectivity index (χ3n) is 4.78. The molecule has 4 N–H and O–H groups in total. The van der Waals surface area contributed by atoms with Gasteiger partial charge in [0, 0.05) is 17.8 Å². The van der Waals surface area contributed by atoms with Crippen molar-refractivity contribution in [3.8, 4) is 0 Å². The van der Waals surface area contributed by atoms with Crippen molar-refractivity contribution in [2.45, 2.75) is 45.4 Å². The number of amides is 1. The van der Waals surface area contributed by atoms with Crippen LogP contribution in [0.5, 0.6) is 0 Å². The molecule has 0 spiro atoms. The smallest absolute Gasteiger partial charge is 0.251 e. The molecule has 0 unspecified atom stereocenters. The number of carbonyl (C=O) groups excluding carboxylic acids is 1. The van der Waals surface area contributed by atoms with E-state index in [1.807, 2.05) is 6.07 Å². The van der Waals surface area contributed by atoms with Crippen LogP contribution in [0.15, 0.2) is 12.1 Å². The summed E-state index contributed by atoms with van der Waals surface area (Å²) in [6.45, 7) is 4.91. The van der Waals surface area contributed by atoms with E-state index in [-0.39, 0.29) is 11.8 Å². The van der Waals surface area contributed by atoms with Gasteiger partial charge in [0.05, 0.1) is 0 Å². The van der Waals surface area contributed by atoms with Crippen LogP contribution in [0.3, 0.4) is 0 Å². The van der Waals surface area contributed by atoms with Crippen molar-refractivity contribution in [3.63, 3.8) is 0 Å². The van der Waals surface area contributed by atoms with Crippen molar-refractivity contribution in [2.24, 2.45) is 17.2 Å². The highest BCUT2D eigenvalue weighted by Gasteiger charge is 2.53. The van der Waals surface area contributed by atoms with Gasteiger partial charge in [0.1, 0.15) is 5.82 Å². The van der Waals surface area contributed by atoms with E-state index in [4.69, 9.17) is 5.84 Å². The van der Waals surface area contributed by atoms with Gasteiger partial charge in [-0.1, -0.05) is 13.8 Å². The maximum atomic E-state index is 12.4. The van der Waals surface area contributed by atoms with Crippen molar-refractivity contribution < 1.29 is 4.79 Å². The minimum atomic E-state index is -0.0253. The molecule has 1 amide bonds. The van der Waals surface area contributed by atoms with Crippen LogP contribution in [0.25, 0.3) is 0 Å². The van der Waals surface area contributed by atoms with Gasteiger partial charge < -0.3 is 10.7 Å². The van der Waals surface area contributed by atoms with Crippen LogP contribution in [0.4, 0.5) is 5.82 Å². The van der Waals surface area contributed by atoms with E-state index in [1.54, 1.807) is 6.07 Å². The summed E-state index contributed by atoms with van der Waals surface area (Å²) in [5, 5.41) is 3.11. The predicted molar refractivity (Wildman–Crippen MR) is 82.9 cm³/mol. The SMILES string of the molecule is CC(C)c1cc(C(=O)NCC2(C3CC3)CC2)cc(NN)n1. The monoisotopic (exact) mass is 288 g/mol. The number of hydrazine groups is 1. The predicted octanol–water partition coefficient (Wildman–Crippen LogP) is 2.41. The summed E-state index contributed by atoms with van der Waals surface area (Å²) < 4.78 is 0. The standard InChI is InChI=1S/C16H24N4O/c1-10(2)13-7-11(8-14(19-13)20-17)15(21)18-9-16(5-6-16)12-3-4-12/h7-8,10,12H,3-6,9,17H2,1-2H3,(H,18,21)(H,19,20). The number of hydrogen-bond donors (Lipinski definition) is 3. The highest BCUT2D eigenvalue weighted by molar-refractivity contribution is 5.95. The lowest BCUT2D eigenvalue weighted by molar-refractivity contribution is 0.0942. The lowest BCUT2D eigenvalue weighted by atomic mass is 10.0. The minimum absolute atomic E-state index is 0.0253. The van der Waals surface area contributed by atoms with Gasteiger partial charge in [0.2, 0.25) is 0 Å². The van der Waals surface area contributed by atoms with Crippen molar-refractivity contribution in [2.75, 3.05) is 12.0 Å². The normalized spacial score (nSPS) is 19.4. The number of nitrogen functional groups attached to an aromatic ring is 1. The maximum absolute atomic E-state index is 12.4. The Kier molecular flexibility index (Phi) is 3.61. The Morgan fingerprint density at radius 2 is 2.14 bits per heavy atom. The lowest BCUT2D eigenvalue weighted by Crippen LogP contribution is -2.31. The molecule has 114 valence electrons. The molecule has 2 aliphatic rings. The van der Waals surface area contributed by atoms with E-state index in [0.29, 0.717) is 16.8 Å². The van der Waals surface area contributed by atoms with E-state index < -0.39 is 0 Å². The molecule has 1 aromatic rings. The number of nitrogens with one attached hydrogen (secondary N) is 2. The van der Waals surface area contributed by atoms with Gasteiger partial charge in [-0.25, -0.2) is 10.8 Å². The number of carbonyl (C=O) groups is 1. The lowest BCUT2D eigenvalue weighted by Gasteiger charge is -2.16. The molecule has 1 heterocycles. The Morgan fingerprint density at radius 3 is 2.67 bits per heavy atom. The van der Waals surface area contributed by atoms with Crippen LogP contribution < -0.4 is 16.6 Å². The molecule has 2 saturated carbocycles. The fraction of sp³-hybridized carbons (Fsp3) is 0.625. The molecule has 0 bridgehead atoms. The zero-order valence-corrected chi connectivity index (χ0v) is 12.8. The van der Waals surface area contributed by atoms with Gasteiger partial charge >= 0.3 is 0 Å². The maximum Gasteiger partial charge on any atom is 0.251 e. The molecule has 0 aromatic carbocycles. The number of nitrogens with two attached hydrogens (primary N) is 1. The second-order valence-electron chi connectivity index (χ2n) is 6.78. The summed E-state index contributed by atoms with van der Waals surface area (Å²) in [6, 6.07) is 3.56. The van der Waals surface area contributed by atoms with E-state index in [0.717, 1.165) is 18.2 Å². The van der Waals surface area contributed by atoms with Crippen molar-refractivity contribution in [1.82, 2.24) is 10.3 Å². The average molecular weight is 288 g/mol. The zero-order chi connectivity index (χ0) is 15.0. The number of pyridine rings is 1. The van der Waals surface area contributed by atoms with Crippen LogP contribution in [-0.2, 0) is 0 Å². The fourth-order valence-electron chi connectivity index (χ4n) is 3.00. The third-order valence-corrected chi connectivity index (χ3v) is 4.78. The Balaban J connectivity index is 1.70. The fourth-order valence-corrected chi connectivity index (χ4v) is 3.00. The van der Waals surface area contributed by atoms with Crippen LogP contribution in [-0.4, -0.2) is 17.4 Å². The summed E-state index contributed by atoms with van der Waals surface area (Å²) in [7, 11) is 0. The molecular formula is C16H24N4O. The van der Waals surface area contributed by atoms with Gasteiger partial charge in [-0.15, -0.1) is 0 Å². The van der Waals surface area contributed by atoms with Crippen LogP contribution in [0, 0.1) is 11.3 Å². The Labute approximate surface area is 125 Å². The van der Waals surface area contributed by atoms with Gasteiger partial charge in [-0.2, -0.15) is 0 Å². The van der Waals surface area contributed by atoms with E-state index >= 15 is 0 Å². The number of aromatic nitrogens is 1. The molecule has 0 radical (unpaired) electrons. The van der Waals surface area contributed by atoms with Crippen LogP contribution in [0.2, 0.25) is 0 Å². The second-order valence-corrected chi connectivity index (χ2v) is 6.78. The van der Waals surface area contributed by atoms with Gasteiger partial charge in [0.25, 0.3) is 5.91 Å². The molecule has 0 saturated heterocycles. The van der Waals surface area contributed by atoms with Gasteiger partial charge in [-0.05, 0) is 55.1 Å². The largest absolute Gasteiger partial charge is 0.351 e. The molecule has 2 aliphatic carbocycles. The van der Waals surface area contributed by atoms with Crippen LogP contribution in [0.1, 0.15) is 61.5 Å². The molecular weight excluding hydrogens is 264 g/mol. The van der Waals surface area contributed by atoms with E-state index in [2.05, 4.69) is 29.6 Å². The summed E-state index contributed by atoms with van der Waals surface area (Å²) in [5.41, 5.74) is 4.46. The third kappa shape index (κ3) is 3.02. The van der Waals surface area contributed by atoms with Gasteiger partial charge in [-0.3, -0.25) is 4.79 Å². The number of nitrogens with zero attached hydrogens (tertiary/aromatic N) is 1. The summed E-state index contributed by atoms with van der Waals surface area (Å²) >= 11 is 0. The number of rotatable bonds is 6. The molecule has 21 heavy (non-hydrogen) atoms. The summed E-state index contributed by atoms with van der Waals surface area (Å²) in [5.74, 6) is 7.06. The summed E-state index contributed by atoms with van der Waals surface area (Å²) in [6.07, 6.45) is 5.20. The molecule has 1 aromatic heterocycles. The highest BCUT2D eigenvalue weighted by Crippen LogP contribution is 2.60. The van der Waals surface area contributed by atoms with Crippen molar-refractivity contribution >= 4 is 11.7 Å². The van der Waals surface area contributed by atoms with Gasteiger partial charge in [0.15, 0.2) is 0 Å². The summed E-state index contributed by atoms with van der Waals surface area (Å²) in [4.78, 5) is 16.8. The van der Waals surface area contributed by atoms with E-state index in [9.17, 15) is 4.79 Å². The molecule has 0 atom stereocenters. The highest BCUT2D eigenvalue weighted by atomic mass is 16.1. The molecule has 5 nitrogen and oxygen atoms in total. The first-order valence-corrected chi connectivity index (χ1v) is 7.81. The molecule has 2 fully saturated rings. The topological polar surface area (TPSA) is 80.0 Å². The van der Waals surface area contributed by atoms with Crippen molar-refractivity contribution in [3.05, 3.63) is 23.4 Å². The number of hydrogen-bond acceptors (Lipinski definition) is 4. The van der Waals surface area contributed by atoms with E-state index in [1.165, 1.54) is 25.7 Å². The number of anilines is 1. The molecule has 0 aliphatic heterocycles. The first-order valence-electron chi connectivity index (χ1n) is 7.81. The Bertz CT molecular complexity index is 547. The first-order chi connectivity index (χ1) is 10.0. The second kappa shape index (κ2) is 5.30. The minimum Gasteiger partial charge on any atom is -0.351 e. The molecule has 5 heteroatoms. The average Bonchev–Trinajstić information content (AvgIpc) is 3.36. The van der Waals surface area contributed by atoms with Crippen LogP contribution >= 0.6 is 0 Å². The molecule has 3 rings (SSSR count). The Morgan fingerprint density at radius 1 is 1.43 bits per heavy atom. The first kappa shape index (κ1) is 14.3. The quantitative estimate of drug-likeness (QED) is 0.555. The zero-order valence-electron chi connectivity index (χ0n) is 12.8. The van der Waals surface area contributed by atoms with Crippen molar-refractivity contribution in [1.29, 1.82) is 0 Å². The Hall–Kier alpha value is -1.62.